The number of hydrogen-bond donors (Lipinski definition) is 3. The smallest absolute Gasteiger partial charge is 0.267 e. The van der Waals surface area contributed by atoms with Crippen molar-refractivity contribution in [3.05, 3.63) is 63.2 Å². The zero-order valence-electron chi connectivity index (χ0n) is 19.0. The maximum atomic E-state index is 13.8. The summed E-state index contributed by atoms with van der Waals surface area (Å²) >= 11 is 6.38. The molecule has 2 heterocycles. The van der Waals surface area contributed by atoms with Gasteiger partial charge in [0.2, 0.25) is 5.95 Å². The van der Waals surface area contributed by atoms with Gasteiger partial charge < -0.3 is 26.3 Å². The third-order valence-electron chi connectivity index (χ3n) is 5.27. The fraction of sp³-hybridized carbons (Fsp3) is 0.174. The molecule has 0 saturated heterocycles. The van der Waals surface area contributed by atoms with E-state index in [0.29, 0.717) is 28.5 Å². The van der Waals surface area contributed by atoms with Crippen molar-refractivity contribution in [3.63, 3.8) is 0 Å². The monoisotopic (exact) mass is 492 g/mol. The number of methoxy groups -OCH3 is 2. The minimum absolute atomic E-state index is 0.0202. The molecule has 0 spiro atoms. The second kappa shape index (κ2) is 9.36. The van der Waals surface area contributed by atoms with E-state index < -0.39 is 11.6 Å². The first-order chi connectivity index (χ1) is 16.8. The fourth-order valence-corrected chi connectivity index (χ4v) is 3.90. The number of halogens is 1. The first-order valence-electron chi connectivity index (χ1n) is 10.3. The molecule has 0 fully saturated rings. The number of benzene rings is 2. The quantitative estimate of drug-likeness (QED) is 0.363. The number of anilines is 3. The standard InChI is InChI=1S/C23H21ClN8O3/c1-11(28-20-15(10-25)19(26)30-23(27)31-20)21-29-17-6-4-5-16(24)18(17)22(33)32(21)12-7-13(34-2)9-14(8-12)35-3/h4-9,11H,1-3H3,(H5,26,27,28,30,31)/t11-/m0/s1. The number of nitrogens with one attached hydrogen (secondary N) is 1. The van der Waals surface area contributed by atoms with Crippen LogP contribution in [0.15, 0.2) is 41.2 Å². The molecule has 0 saturated carbocycles. The van der Waals surface area contributed by atoms with Crippen LogP contribution in [0.3, 0.4) is 0 Å². The number of hydrogen-bond acceptors (Lipinski definition) is 10. The van der Waals surface area contributed by atoms with Gasteiger partial charge in [-0.3, -0.25) is 9.36 Å². The third-order valence-corrected chi connectivity index (χ3v) is 5.59. The SMILES string of the molecule is COc1cc(OC)cc(-n2c([C@H](C)Nc3nc(N)nc(N)c3C#N)nc3cccc(Cl)c3c2=O)c1. The number of nitrogen functional groups attached to an aromatic ring is 2. The van der Waals surface area contributed by atoms with Crippen molar-refractivity contribution in [2.75, 3.05) is 31.0 Å². The molecule has 4 aromatic rings. The number of rotatable bonds is 6. The van der Waals surface area contributed by atoms with E-state index in [1.165, 1.54) is 18.8 Å². The lowest BCUT2D eigenvalue weighted by molar-refractivity contribution is 0.394. The van der Waals surface area contributed by atoms with Crippen LogP contribution in [-0.4, -0.2) is 33.7 Å². The van der Waals surface area contributed by atoms with Crippen LogP contribution in [0.1, 0.15) is 24.4 Å². The van der Waals surface area contributed by atoms with Crippen molar-refractivity contribution in [2.45, 2.75) is 13.0 Å². The molecule has 12 heteroatoms. The summed E-state index contributed by atoms with van der Waals surface area (Å²) in [4.78, 5) is 26.4. The number of fused-ring (bicyclic) bond motifs is 1. The van der Waals surface area contributed by atoms with Crippen molar-refractivity contribution in [1.82, 2.24) is 19.5 Å². The summed E-state index contributed by atoms with van der Waals surface area (Å²) in [6.07, 6.45) is 0. The summed E-state index contributed by atoms with van der Waals surface area (Å²) in [5, 5.41) is 13.1. The maximum Gasteiger partial charge on any atom is 0.267 e. The predicted molar refractivity (Wildman–Crippen MR) is 133 cm³/mol. The highest BCUT2D eigenvalue weighted by Crippen LogP contribution is 2.29. The second-order valence-corrected chi connectivity index (χ2v) is 7.89. The number of nitrogens with two attached hydrogens (primary N) is 2. The zero-order valence-corrected chi connectivity index (χ0v) is 19.8. The van der Waals surface area contributed by atoms with Gasteiger partial charge in [0.05, 0.1) is 41.9 Å². The van der Waals surface area contributed by atoms with Gasteiger partial charge in [0.15, 0.2) is 5.82 Å². The Bertz CT molecular complexity index is 1520. The Kier molecular flexibility index (Phi) is 6.31. The molecule has 4 rings (SSSR count). The van der Waals surface area contributed by atoms with Crippen LogP contribution in [0, 0.1) is 11.3 Å². The van der Waals surface area contributed by atoms with Gasteiger partial charge in [-0.1, -0.05) is 17.7 Å². The maximum absolute atomic E-state index is 13.8. The Hall–Kier alpha value is -4.56. The molecule has 0 aliphatic heterocycles. The van der Waals surface area contributed by atoms with Crippen LogP contribution >= 0.6 is 11.6 Å². The molecule has 0 radical (unpaired) electrons. The van der Waals surface area contributed by atoms with Gasteiger partial charge in [-0.15, -0.1) is 0 Å². The van der Waals surface area contributed by atoms with Gasteiger partial charge in [-0.25, -0.2) is 4.98 Å². The molecule has 0 aliphatic carbocycles. The Labute approximate surface area is 204 Å². The lowest BCUT2D eigenvalue weighted by Crippen LogP contribution is -2.28. The van der Waals surface area contributed by atoms with E-state index in [1.54, 1.807) is 43.3 Å². The summed E-state index contributed by atoms with van der Waals surface area (Å²) in [5.74, 6) is 1.19. The first-order valence-corrected chi connectivity index (χ1v) is 10.7. The minimum atomic E-state index is -0.649. The fourth-order valence-electron chi connectivity index (χ4n) is 3.65. The van der Waals surface area contributed by atoms with Crippen LogP contribution in [0.25, 0.3) is 16.6 Å². The van der Waals surface area contributed by atoms with Gasteiger partial charge in [0, 0.05) is 18.2 Å². The molecule has 2 aromatic heterocycles. The first kappa shape index (κ1) is 23.6. The summed E-state index contributed by atoms with van der Waals surface area (Å²) in [7, 11) is 3.02. The molecule has 5 N–H and O–H groups in total. The molecule has 0 amide bonds. The molecule has 0 unspecified atom stereocenters. The average molecular weight is 493 g/mol. The van der Waals surface area contributed by atoms with E-state index in [-0.39, 0.29) is 33.6 Å². The summed E-state index contributed by atoms with van der Waals surface area (Å²) in [5.41, 5.74) is 12.0. The number of ether oxygens (including phenoxy) is 2. The number of nitriles is 1. The van der Waals surface area contributed by atoms with Crippen molar-refractivity contribution < 1.29 is 9.47 Å². The Balaban J connectivity index is 1.98. The van der Waals surface area contributed by atoms with Crippen molar-refractivity contribution in [2.24, 2.45) is 0 Å². The molecule has 35 heavy (non-hydrogen) atoms. The highest BCUT2D eigenvalue weighted by atomic mass is 35.5. The van der Waals surface area contributed by atoms with Gasteiger partial charge in [-0.05, 0) is 19.1 Å². The van der Waals surface area contributed by atoms with Crippen molar-refractivity contribution in [3.8, 4) is 23.3 Å². The zero-order chi connectivity index (χ0) is 25.3. The largest absolute Gasteiger partial charge is 0.497 e. The minimum Gasteiger partial charge on any atom is -0.497 e. The summed E-state index contributed by atoms with van der Waals surface area (Å²) < 4.78 is 12.2. The topological polar surface area (TPSA) is 167 Å². The molecule has 0 bridgehead atoms. The summed E-state index contributed by atoms with van der Waals surface area (Å²) in [6, 6.07) is 11.4. The van der Waals surface area contributed by atoms with Gasteiger partial charge in [0.25, 0.3) is 5.56 Å². The number of nitrogens with zero attached hydrogens (tertiary/aromatic N) is 5. The van der Waals surface area contributed by atoms with Crippen LogP contribution in [0.4, 0.5) is 17.6 Å². The average Bonchev–Trinajstić information content (AvgIpc) is 2.83. The Morgan fingerprint density at radius 2 is 1.80 bits per heavy atom. The van der Waals surface area contributed by atoms with Gasteiger partial charge in [0.1, 0.15) is 34.8 Å². The molecular formula is C23H21ClN8O3. The van der Waals surface area contributed by atoms with Gasteiger partial charge in [-0.2, -0.15) is 15.2 Å². The van der Waals surface area contributed by atoms with E-state index in [0.717, 1.165) is 0 Å². The van der Waals surface area contributed by atoms with Crippen LogP contribution < -0.4 is 31.8 Å². The van der Waals surface area contributed by atoms with Gasteiger partial charge >= 0.3 is 0 Å². The van der Waals surface area contributed by atoms with E-state index in [9.17, 15) is 10.1 Å². The third kappa shape index (κ3) is 4.34. The Morgan fingerprint density at radius 3 is 2.43 bits per heavy atom. The normalized spacial score (nSPS) is 11.6. The highest BCUT2D eigenvalue weighted by molar-refractivity contribution is 6.35. The molecule has 11 nitrogen and oxygen atoms in total. The van der Waals surface area contributed by atoms with Crippen LogP contribution in [-0.2, 0) is 0 Å². The lowest BCUT2D eigenvalue weighted by Gasteiger charge is -2.21. The second-order valence-electron chi connectivity index (χ2n) is 7.48. The highest BCUT2D eigenvalue weighted by Gasteiger charge is 2.22. The molecular weight excluding hydrogens is 472 g/mol. The van der Waals surface area contributed by atoms with E-state index in [4.69, 9.17) is 37.5 Å². The molecule has 178 valence electrons. The van der Waals surface area contributed by atoms with Crippen LogP contribution in [0.5, 0.6) is 11.5 Å². The van der Waals surface area contributed by atoms with E-state index in [2.05, 4.69) is 15.3 Å². The van der Waals surface area contributed by atoms with Crippen LogP contribution in [0.2, 0.25) is 5.02 Å². The predicted octanol–water partition coefficient (Wildman–Crippen LogP) is 3.06. The van der Waals surface area contributed by atoms with E-state index in [1.807, 2.05) is 6.07 Å². The lowest BCUT2D eigenvalue weighted by atomic mass is 10.2. The Morgan fingerprint density at radius 1 is 1.11 bits per heavy atom. The molecule has 1 atom stereocenters. The number of aromatic nitrogens is 4. The van der Waals surface area contributed by atoms with Crippen molar-refractivity contribution >= 4 is 40.1 Å². The summed E-state index contributed by atoms with van der Waals surface area (Å²) in [6.45, 7) is 1.75. The van der Waals surface area contributed by atoms with E-state index >= 15 is 0 Å². The molecule has 2 aromatic carbocycles. The van der Waals surface area contributed by atoms with Crippen molar-refractivity contribution in [1.29, 1.82) is 5.26 Å². The molecule has 0 aliphatic rings.